The lowest BCUT2D eigenvalue weighted by atomic mass is 9.80. The second-order valence-corrected chi connectivity index (χ2v) is 5.62. The van der Waals surface area contributed by atoms with Crippen molar-refractivity contribution in [1.29, 1.82) is 0 Å². The lowest BCUT2D eigenvalue weighted by Gasteiger charge is -2.30. The summed E-state index contributed by atoms with van der Waals surface area (Å²) in [5.74, 6) is -4.92. The van der Waals surface area contributed by atoms with Crippen molar-refractivity contribution in [3.63, 3.8) is 0 Å². The number of benzene rings is 1. The minimum absolute atomic E-state index is 0.0293. The molecule has 0 bridgehead atoms. The van der Waals surface area contributed by atoms with Crippen molar-refractivity contribution in [2.45, 2.75) is 19.8 Å². The zero-order valence-electron chi connectivity index (χ0n) is 15.0. The number of carbonyl (C=O) groups is 2. The maximum atomic E-state index is 14.7. The Morgan fingerprint density at radius 3 is 1.69 bits per heavy atom. The highest BCUT2D eigenvalue weighted by molar-refractivity contribution is 5.99. The molecule has 0 saturated heterocycles. The molecule has 140 valence electrons. The van der Waals surface area contributed by atoms with Gasteiger partial charge in [0.15, 0.2) is 0 Å². The van der Waals surface area contributed by atoms with Crippen LogP contribution in [-0.2, 0) is 19.1 Å². The summed E-state index contributed by atoms with van der Waals surface area (Å²) in [5.41, 5.74) is 0.0120. The molecule has 0 unspecified atom stereocenters. The summed E-state index contributed by atoms with van der Waals surface area (Å²) in [6.07, 6.45) is 0. The van der Waals surface area contributed by atoms with Gasteiger partial charge in [-0.1, -0.05) is 0 Å². The summed E-state index contributed by atoms with van der Waals surface area (Å²) in [5, 5.41) is 2.86. The number of esters is 2. The SMILES string of the molecule is COC(=O)C1=C(C)NC(C)=C(C(=O)OC)C1c1c(F)cc(OC)cc1F. The van der Waals surface area contributed by atoms with Crippen LogP contribution in [0.1, 0.15) is 25.3 Å². The Kier molecular flexibility index (Phi) is 5.64. The summed E-state index contributed by atoms with van der Waals surface area (Å²) >= 11 is 0. The molecular formula is C18H19F2NO5. The fourth-order valence-electron chi connectivity index (χ4n) is 3.00. The molecule has 1 N–H and O–H groups in total. The van der Waals surface area contributed by atoms with Crippen LogP contribution in [0.15, 0.2) is 34.7 Å². The first kappa shape index (κ1) is 19.4. The van der Waals surface area contributed by atoms with E-state index in [1.807, 2.05) is 0 Å². The lowest BCUT2D eigenvalue weighted by molar-refractivity contribution is -0.137. The van der Waals surface area contributed by atoms with E-state index < -0.39 is 35.1 Å². The first-order chi connectivity index (χ1) is 12.3. The minimum Gasteiger partial charge on any atom is -0.497 e. The van der Waals surface area contributed by atoms with Crippen LogP contribution in [0.2, 0.25) is 0 Å². The third-order valence-corrected chi connectivity index (χ3v) is 4.15. The quantitative estimate of drug-likeness (QED) is 0.825. The van der Waals surface area contributed by atoms with E-state index in [1.165, 1.54) is 7.11 Å². The molecule has 26 heavy (non-hydrogen) atoms. The first-order valence-corrected chi connectivity index (χ1v) is 7.64. The van der Waals surface area contributed by atoms with E-state index in [9.17, 15) is 18.4 Å². The Labute approximate surface area is 149 Å². The van der Waals surface area contributed by atoms with Crippen LogP contribution < -0.4 is 10.1 Å². The Bertz CT molecular complexity index is 768. The normalized spacial score (nSPS) is 14.9. The summed E-state index contributed by atoms with van der Waals surface area (Å²) in [7, 11) is 3.55. The third kappa shape index (κ3) is 3.26. The van der Waals surface area contributed by atoms with Gasteiger partial charge in [0, 0.05) is 29.1 Å². The van der Waals surface area contributed by atoms with Gasteiger partial charge in [0.1, 0.15) is 17.4 Å². The van der Waals surface area contributed by atoms with Gasteiger partial charge in [-0.3, -0.25) is 0 Å². The van der Waals surface area contributed by atoms with Crippen molar-refractivity contribution in [3.05, 3.63) is 51.9 Å². The van der Waals surface area contributed by atoms with Gasteiger partial charge in [-0.2, -0.15) is 0 Å². The van der Waals surface area contributed by atoms with Crippen LogP contribution >= 0.6 is 0 Å². The average Bonchev–Trinajstić information content (AvgIpc) is 2.59. The minimum atomic E-state index is -1.33. The van der Waals surface area contributed by atoms with Gasteiger partial charge in [-0.25, -0.2) is 18.4 Å². The summed E-state index contributed by atoms with van der Waals surface area (Å²) in [6.45, 7) is 3.10. The number of rotatable bonds is 4. The van der Waals surface area contributed by atoms with Gasteiger partial charge in [0.05, 0.1) is 38.4 Å². The van der Waals surface area contributed by atoms with Gasteiger partial charge in [0.2, 0.25) is 0 Å². The number of carbonyl (C=O) groups excluding carboxylic acids is 2. The van der Waals surface area contributed by atoms with Crippen LogP contribution in [0.4, 0.5) is 8.78 Å². The Balaban J connectivity index is 2.81. The maximum Gasteiger partial charge on any atom is 0.336 e. The molecular weight excluding hydrogens is 348 g/mol. The molecule has 0 aromatic heterocycles. The number of hydrogen-bond acceptors (Lipinski definition) is 6. The van der Waals surface area contributed by atoms with E-state index in [0.29, 0.717) is 11.4 Å². The van der Waals surface area contributed by atoms with Crippen molar-refractivity contribution in [2.75, 3.05) is 21.3 Å². The molecule has 6 nitrogen and oxygen atoms in total. The van der Waals surface area contributed by atoms with Crippen molar-refractivity contribution < 1.29 is 32.6 Å². The summed E-state index contributed by atoms with van der Waals surface area (Å²) < 4.78 is 43.8. The highest BCUT2D eigenvalue weighted by Gasteiger charge is 2.40. The number of hydrogen-bond donors (Lipinski definition) is 1. The smallest absolute Gasteiger partial charge is 0.336 e. The Hall–Kier alpha value is -2.90. The predicted octanol–water partition coefficient (Wildman–Crippen LogP) is 2.55. The summed E-state index contributed by atoms with van der Waals surface area (Å²) in [4.78, 5) is 24.6. The van der Waals surface area contributed by atoms with Gasteiger partial charge in [-0.15, -0.1) is 0 Å². The predicted molar refractivity (Wildman–Crippen MR) is 88.2 cm³/mol. The van der Waals surface area contributed by atoms with Crippen LogP contribution in [0.3, 0.4) is 0 Å². The van der Waals surface area contributed by atoms with E-state index in [0.717, 1.165) is 26.4 Å². The van der Waals surface area contributed by atoms with E-state index in [2.05, 4.69) is 5.32 Å². The standard InChI is InChI=1S/C18H19F2NO5/c1-8-13(17(22)25-4)16(14(9(2)21-8)18(23)26-5)15-11(19)6-10(24-3)7-12(15)20/h6-7,16,21H,1-5H3. The second kappa shape index (κ2) is 7.55. The molecule has 0 atom stereocenters. The molecule has 0 fully saturated rings. The Morgan fingerprint density at radius 2 is 1.35 bits per heavy atom. The van der Waals surface area contributed by atoms with Crippen LogP contribution in [-0.4, -0.2) is 33.3 Å². The number of nitrogens with one attached hydrogen (secondary N) is 1. The van der Waals surface area contributed by atoms with Gasteiger partial charge in [-0.05, 0) is 13.8 Å². The number of ether oxygens (including phenoxy) is 3. The maximum absolute atomic E-state index is 14.7. The van der Waals surface area contributed by atoms with Crippen molar-refractivity contribution in [1.82, 2.24) is 5.32 Å². The largest absolute Gasteiger partial charge is 0.497 e. The molecule has 0 aliphatic carbocycles. The fraction of sp³-hybridized carbons (Fsp3) is 0.333. The van der Waals surface area contributed by atoms with Crippen LogP contribution in [0, 0.1) is 11.6 Å². The number of halogens is 2. The molecule has 1 aliphatic heterocycles. The fourth-order valence-corrected chi connectivity index (χ4v) is 3.00. The highest BCUT2D eigenvalue weighted by Crippen LogP contribution is 2.42. The van der Waals surface area contributed by atoms with E-state index >= 15 is 0 Å². The molecule has 8 heteroatoms. The molecule has 1 aliphatic rings. The van der Waals surface area contributed by atoms with E-state index in [1.54, 1.807) is 13.8 Å². The molecule has 0 radical (unpaired) electrons. The second-order valence-electron chi connectivity index (χ2n) is 5.62. The van der Waals surface area contributed by atoms with Crippen molar-refractivity contribution in [2.24, 2.45) is 0 Å². The lowest BCUT2D eigenvalue weighted by Crippen LogP contribution is -2.32. The highest BCUT2D eigenvalue weighted by atomic mass is 19.1. The third-order valence-electron chi connectivity index (χ3n) is 4.15. The average molecular weight is 367 g/mol. The number of dihydropyridines is 1. The molecule has 1 aromatic carbocycles. The number of allylic oxidation sites excluding steroid dienone is 2. The molecule has 2 rings (SSSR count). The van der Waals surface area contributed by atoms with Gasteiger partial charge < -0.3 is 19.5 Å². The zero-order valence-corrected chi connectivity index (χ0v) is 15.0. The van der Waals surface area contributed by atoms with Gasteiger partial charge in [0.25, 0.3) is 0 Å². The number of methoxy groups -OCH3 is 3. The van der Waals surface area contributed by atoms with Gasteiger partial charge >= 0.3 is 11.9 Å². The first-order valence-electron chi connectivity index (χ1n) is 7.64. The summed E-state index contributed by atoms with van der Waals surface area (Å²) in [6, 6.07) is 1.96. The molecule has 1 aromatic rings. The topological polar surface area (TPSA) is 73.9 Å². The van der Waals surface area contributed by atoms with Crippen LogP contribution in [0.25, 0.3) is 0 Å². The van der Waals surface area contributed by atoms with E-state index in [4.69, 9.17) is 14.2 Å². The van der Waals surface area contributed by atoms with Crippen molar-refractivity contribution in [3.8, 4) is 5.75 Å². The van der Waals surface area contributed by atoms with E-state index in [-0.39, 0.29) is 16.9 Å². The molecule has 0 amide bonds. The molecule has 1 heterocycles. The van der Waals surface area contributed by atoms with Crippen molar-refractivity contribution >= 4 is 11.9 Å². The van der Waals surface area contributed by atoms with Crippen LogP contribution in [0.5, 0.6) is 5.75 Å². The zero-order chi connectivity index (χ0) is 19.6. The Morgan fingerprint density at radius 1 is 0.923 bits per heavy atom. The molecule has 0 spiro atoms. The monoisotopic (exact) mass is 367 g/mol. The molecule has 0 saturated carbocycles.